The van der Waals surface area contributed by atoms with Gasteiger partial charge in [0, 0.05) is 43.2 Å². The van der Waals surface area contributed by atoms with Crippen LogP contribution in [0.1, 0.15) is 36.8 Å². The van der Waals surface area contributed by atoms with E-state index in [4.69, 9.17) is 0 Å². The number of aliphatic hydroxyl groups is 1. The number of nitrogens with zero attached hydrogens (tertiary/aromatic N) is 2. The molecule has 2 aromatic carbocycles. The van der Waals surface area contributed by atoms with Gasteiger partial charge < -0.3 is 10.4 Å². The van der Waals surface area contributed by atoms with E-state index in [1.165, 1.54) is 0 Å². The number of amides is 1. The lowest BCUT2D eigenvalue weighted by molar-refractivity contribution is -0.385. The zero-order valence-electron chi connectivity index (χ0n) is 18.0. The maximum absolute atomic E-state index is 13.4. The molecule has 5 rings (SSSR count). The van der Waals surface area contributed by atoms with E-state index < -0.39 is 5.60 Å². The summed E-state index contributed by atoms with van der Waals surface area (Å²) in [6.45, 7) is 2.14. The fourth-order valence-corrected chi connectivity index (χ4v) is 5.87. The van der Waals surface area contributed by atoms with Crippen LogP contribution in [0.2, 0.25) is 0 Å². The molecule has 0 bridgehead atoms. The van der Waals surface area contributed by atoms with E-state index in [9.17, 15) is 20.0 Å². The highest BCUT2D eigenvalue weighted by atomic mass is 16.6. The minimum atomic E-state index is -1.49. The highest BCUT2D eigenvalue weighted by Crippen LogP contribution is 2.47. The Morgan fingerprint density at radius 2 is 1.69 bits per heavy atom. The van der Waals surface area contributed by atoms with Crippen molar-refractivity contribution in [3.63, 3.8) is 0 Å². The molecule has 3 fully saturated rings. The lowest BCUT2D eigenvalue weighted by Gasteiger charge is -2.33. The van der Waals surface area contributed by atoms with Gasteiger partial charge in [-0.15, -0.1) is 0 Å². The van der Waals surface area contributed by atoms with Gasteiger partial charge in [-0.1, -0.05) is 61.4 Å². The monoisotopic (exact) mass is 435 g/mol. The number of nitro benzene ring substituents is 1. The third-order valence-electron chi connectivity index (χ3n) is 7.66. The number of carbonyl (C=O) groups is 1. The number of hydrogen-bond donors (Lipinski definition) is 2. The molecule has 3 unspecified atom stereocenters. The largest absolute Gasteiger partial charge is 0.375 e. The zero-order chi connectivity index (χ0) is 22.3. The molecule has 2 saturated carbocycles. The fraction of sp³-hybridized carbons (Fsp3) is 0.480. The SMILES string of the molecule is O=C(NC1C2CN(Cc3ccccc3[N+](=O)[O-])CC21)C(O)(c1ccccc1)C1CCCC1. The number of nitro groups is 1. The average molecular weight is 436 g/mol. The molecule has 3 aliphatic rings. The molecule has 3 atom stereocenters. The lowest BCUT2D eigenvalue weighted by atomic mass is 9.79. The zero-order valence-corrected chi connectivity index (χ0v) is 18.0. The van der Waals surface area contributed by atoms with Gasteiger partial charge in [0.05, 0.1) is 4.92 Å². The van der Waals surface area contributed by atoms with Crippen molar-refractivity contribution in [2.45, 2.75) is 43.9 Å². The third kappa shape index (κ3) is 3.69. The van der Waals surface area contributed by atoms with E-state index in [0.29, 0.717) is 23.9 Å². The Labute approximate surface area is 187 Å². The second-order valence-corrected chi connectivity index (χ2v) is 9.52. The van der Waals surface area contributed by atoms with Crippen molar-refractivity contribution < 1.29 is 14.8 Å². The Morgan fingerprint density at radius 1 is 1.06 bits per heavy atom. The quantitative estimate of drug-likeness (QED) is 0.514. The van der Waals surface area contributed by atoms with E-state index in [0.717, 1.165) is 44.3 Å². The van der Waals surface area contributed by atoms with Crippen molar-refractivity contribution in [1.82, 2.24) is 10.2 Å². The maximum Gasteiger partial charge on any atom is 0.273 e. The summed E-state index contributed by atoms with van der Waals surface area (Å²) >= 11 is 0. The van der Waals surface area contributed by atoms with Gasteiger partial charge in [-0.05, 0) is 30.2 Å². The molecule has 1 saturated heterocycles. The summed E-state index contributed by atoms with van der Waals surface area (Å²) in [5.41, 5.74) is 0.0635. The predicted molar refractivity (Wildman–Crippen MR) is 120 cm³/mol. The number of hydrogen-bond acceptors (Lipinski definition) is 5. The second-order valence-electron chi connectivity index (χ2n) is 9.52. The van der Waals surface area contributed by atoms with Gasteiger partial charge >= 0.3 is 0 Å². The number of nitrogens with one attached hydrogen (secondary N) is 1. The van der Waals surface area contributed by atoms with Gasteiger partial charge in [0.1, 0.15) is 0 Å². The highest BCUT2D eigenvalue weighted by Gasteiger charge is 2.58. The van der Waals surface area contributed by atoms with Crippen LogP contribution in [0, 0.1) is 27.9 Å². The normalized spacial score (nSPS) is 27.0. The van der Waals surface area contributed by atoms with Crippen molar-refractivity contribution in [3.8, 4) is 0 Å². The fourth-order valence-electron chi connectivity index (χ4n) is 5.87. The molecule has 1 aliphatic heterocycles. The topological polar surface area (TPSA) is 95.7 Å². The molecule has 7 heteroatoms. The first-order chi connectivity index (χ1) is 15.5. The van der Waals surface area contributed by atoms with Crippen LogP contribution in [-0.4, -0.2) is 40.0 Å². The highest BCUT2D eigenvalue weighted by molar-refractivity contribution is 5.87. The maximum atomic E-state index is 13.4. The summed E-state index contributed by atoms with van der Waals surface area (Å²) in [5.74, 6) is 0.342. The van der Waals surface area contributed by atoms with Crippen LogP contribution in [0.4, 0.5) is 5.69 Å². The van der Waals surface area contributed by atoms with Gasteiger partial charge in [-0.3, -0.25) is 19.8 Å². The summed E-state index contributed by atoms with van der Waals surface area (Å²) in [6.07, 6.45) is 3.81. The van der Waals surface area contributed by atoms with Gasteiger partial charge in [0.15, 0.2) is 5.60 Å². The summed E-state index contributed by atoms with van der Waals surface area (Å²) in [6, 6.07) is 16.3. The summed E-state index contributed by atoms with van der Waals surface area (Å²) in [5, 5.41) is 26.1. The van der Waals surface area contributed by atoms with Gasteiger partial charge in [0.2, 0.25) is 0 Å². The van der Waals surface area contributed by atoms with Crippen molar-refractivity contribution >= 4 is 11.6 Å². The van der Waals surface area contributed by atoms with Crippen LogP contribution in [0.25, 0.3) is 0 Å². The summed E-state index contributed by atoms with van der Waals surface area (Å²) in [4.78, 5) is 26.5. The first-order valence-electron chi connectivity index (χ1n) is 11.5. The van der Waals surface area contributed by atoms with Crippen LogP contribution in [-0.2, 0) is 16.9 Å². The number of likely N-dealkylation sites (tertiary alicyclic amines) is 1. The molecule has 0 spiro atoms. The van der Waals surface area contributed by atoms with Crippen LogP contribution >= 0.6 is 0 Å². The van der Waals surface area contributed by atoms with Crippen LogP contribution in [0.15, 0.2) is 54.6 Å². The third-order valence-corrected chi connectivity index (χ3v) is 7.66. The first-order valence-corrected chi connectivity index (χ1v) is 11.5. The molecule has 1 heterocycles. The second kappa shape index (κ2) is 8.30. The molecule has 7 nitrogen and oxygen atoms in total. The number of rotatable bonds is 7. The molecule has 0 aromatic heterocycles. The standard InChI is InChI=1S/C25H29N3O4/c29-24(25(30,19-11-5-6-12-19)18-9-2-1-3-10-18)26-23-20-15-27(16-21(20)23)14-17-8-4-7-13-22(17)28(31)32/h1-4,7-10,13,19-21,23,30H,5-6,11-12,14-16H2,(H,26,29). The summed E-state index contributed by atoms with van der Waals surface area (Å²) in [7, 11) is 0. The number of para-hydroxylation sites is 1. The average Bonchev–Trinajstić information content (AvgIpc) is 3.22. The minimum absolute atomic E-state index is 0.0568. The Morgan fingerprint density at radius 3 is 2.34 bits per heavy atom. The molecular formula is C25H29N3O4. The van der Waals surface area contributed by atoms with Crippen LogP contribution in [0.3, 0.4) is 0 Å². The Balaban J connectivity index is 1.23. The predicted octanol–water partition coefficient (Wildman–Crippen LogP) is 3.22. The van der Waals surface area contributed by atoms with E-state index in [1.54, 1.807) is 12.1 Å². The summed E-state index contributed by atoms with van der Waals surface area (Å²) < 4.78 is 0. The van der Waals surface area contributed by atoms with E-state index in [-0.39, 0.29) is 28.5 Å². The van der Waals surface area contributed by atoms with Crippen molar-refractivity contribution in [3.05, 3.63) is 75.8 Å². The minimum Gasteiger partial charge on any atom is -0.375 e. The Hall–Kier alpha value is -2.77. The number of carbonyl (C=O) groups excluding carboxylic acids is 1. The van der Waals surface area contributed by atoms with Crippen molar-refractivity contribution in [1.29, 1.82) is 0 Å². The Bertz CT molecular complexity index is 995. The molecule has 0 radical (unpaired) electrons. The van der Waals surface area contributed by atoms with Gasteiger partial charge in [0.25, 0.3) is 11.6 Å². The Kier molecular flexibility index (Phi) is 5.47. The van der Waals surface area contributed by atoms with Crippen LogP contribution in [0.5, 0.6) is 0 Å². The molecule has 2 aliphatic carbocycles. The molecule has 2 N–H and O–H groups in total. The molecule has 2 aromatic rings. The molecule has 32 heavy (non-hydrogen) atoms. The number of benzene rings is 2. The van der Waals surface area contributed by atoms with E-state index in [1.807, 2.05) is 42.5 Å². The van der Waals surface area contributed by atoms with Gasteiger partial charge in [-0.2, -0.15) is 0 Å². The molecular weight excluding hydrogens is 406 g/mol. The van der Waals surface area contributed by atoms with Gasteiger partial charge in [-0.25, -0.2) is 0 Å². The van der Waals surface area contributed by atoms with Crippen molar-refractivity contribution in [2.24, 2.45) is 17.8 Å². The van der Waals surface area contributed by atoms with Crippen molar-refractivity contribution in [2.75, 3.05) is 13.1 Å². The first kappa shape index (κ1) is 21.1. The number of piperidine rings is 1. The van der Waals surface area contributed by atoms with E-state index >= 15 is 0 Å². The molecule has 168 valence electrons. The smallest absolute Gasteiger partial charge is 0.273 e. The number of fused-ring (bicyclic) bond motifs is 1. The molecule has 1 amide bonds. The van der Waals surface area contributed by atoms with Crippen LogP contribution < -0.4 is 5.32 Å². The lowest BCUT2D eigenvalue weighted by Crippen LogP contribution is -2.50. The van der Waals surface area contributed by atoms with E-state index in [2.05, 4.69) is 10.2 Å².